The molecule has 0 aliphatic rings. The number of carbonyl (C=O) groups is 1. The van der Waals surface area contributed by atoms with Crippen LogP contribution in [0, 0.1) is 13.8 Å². The Morgan fingerprint density at radius 1 is 1.13 bits per heavy atom. The fourth-order valence-electron chi connectivity index (χ4n) is 2.39. The van der Waals surface area contributed by atoms with Gasteiger partial charge in [-0.05, 0) is 20.3 Å². The predicted octanol–water partition coefficient (Wildman–Crippen LogP) is 1.45. The number of aryl methyl sites for hydroxylation is 4. The summed E-state index contributed by atoms with van der Waals surface area (Å²) in [6, 6.07) is 0. The minimum Gasteiger partial charge on any atom is -0.361 e. The van der Waals surface area contributed by atoms with E-state index in [1.807, 2.05) is 18.6 Å². The second kappa shape index (κ2) is 6.53. The van der Waals surface area contributed by atoms with Crippen LogP contribution in [0.1, 0.15) is 42.3 Å². The average Bonchev–Trinajstić information content (AvgIpc) is 3.01. The maximum atomic E-state index is 12.3. The summed E-state index contributed by atoms with van der Waals surface area (Å²) in [4.78, 5) is 12.1. The van der Waals surface area contributed by atoms with E-state index in [1.165, 1.54) is 13.8 Å². The molecular formula is C14H19N3O5S. The molecule has 2 rings (SSSR count). The molecule has 0 atom stereocenters. The van der Waals surface area contributed by atoms with E-state index >= 15 is 0 Å². The Balaban J connectivity index is 2.22. The summed E-state index contributed by atoms with van der Waals surface area (Å²) < 4.78 is 36.7. The van der Waals surface area contributed by atoms with Crippen molar-refractivity contribution in [3.63, 3.8) is 0 Å². The number of sulfonamides is 1. The lowest BCUT2D eigenvalue weighted by Gasteiger charge is -2.06. The van der Waals surface area contributed by atoms with E-state index in [0.717, 1.165) is 0 Å². The lowest BCUT2D eigenvalue weighted by Crippen LogP contribution is -2.32. The van der Waals surface area contributed by atoms with Crippen molar-refractivity contribution >= 4 is 15.9 Å². The minimum absolute atomic E-state index is 0.109. The number of rotatable bonds is 6. The molecule has 2 aromatic rings. The van der Waals surface area contributed by atoms with Gasteiger partial charge in [0.15, 0.2) is 10.7 Å². The first-order chi connectivity index (χ1) is 10.8. The molecule has 0 aliphatic heterocycles. The number of nitrogens with one attached hydrogen (secondary N) is 1. The van der Waals surface area contributed by atoms with Crippen molar-refractivity contribution in [1.82, 2.24) is 15.0 Å². The first-order valence-corrected chi connectivity index (χ1v) is 8.73. The van der Waals surface area contributed by atoms with Gasteiger partial charge in [-0.25, -0.2) is 13.1 Å². The third kappa shape index (κ3) is 3.44. The molecular weight excluding hydrogens is 322 g/mol. The Labute approximate surface area is 134 Å². The van der Waals surface area contributed by atoms with E-state index in [9.17, 15) is 13.2 Å². The maximum absolute atomic E-state index is 12.3. The van der Waals surface area contributed by atoms with Gasteiger partial charge in [-0.1, -0.05) is 24.2 Å². The van der Waals surface area contributed by atoms with Gasteiger partial charge in [-0.3, -0.25) is 4.79 Å². The van der Waals surface area contributed by atoms with Crippen molar-refractivity contribution < 1.29 is 22.3 Å². The molecule has 0 spiro atoms. The van der Waals surface area contributed by atoms with Gasteiger partial charge in [0.1, 0.15) is 11.5 Å². The fourth-order valence-corrected chi connectivity index (χ4v) is 3.71. The number of nitrogens with zero attached hydrogens (tertiary/aromatic N) is 2. The van der Waals surface area contributed by atoms with Crippen LogP contribution >= 0.6 is 0 Å². The molecule has 0 bridgehead atoms. The summed E-state index contributed by atoms with van der Waals surface area (Å²) in [5.41, 5.74) is 1.50. The molecule has 0 fully saturated rings. The van der Waals surface area contributed by atoms with Gasteiger partial charge >= 0.3 is 0 Å². The van der Waals surface area contributed by atoms with Crippen molar-refractivity contribution in [1.29, 1.82) is 0 Å². The minimum atomic E-state index is -4.03. The molecule has 0 unspecified atom stereocenters. The lowest BCUT2D eigenvalue weighted by molar-refractivity contribution is -0.118. The van der Waals surface area contributed by atoms with E-state index < -0.39 is 15.9 Å². The van der Waals surface area contributed by atoms with Gasteiger partial charge < -0.3 is 9.05 Å². The maximum Gasteiger partial charge on any atom is 0.269 e. The smallest absolute Gasteiger partial charge is 0.269 e. The van der Waals surface area contributed by atoms with Gasteiger partial charge in [0, 0.05) is 12.0 Å². The molecule has 0 aliphatic carbocycles. The molecule has 0 saturated heterocycles. The second-order valence-electron chi connectivity index (χ2n) is 5.10. The van der Waals surface area contributed by atoms with E-state index in [0.29, 0.717) is 29.9 Å². The number of amides is 1. The standard InChI is InChI=1S/C14H19N3O5S/c1-5-11-10(12(6-2)22-16-11)7-13(18)17-23(19,20)14-8(3)15-21-9(14)4/h5-7H2,1-4H3,(H,17,18). The summed E-state index contributed by atoms with van der Waals surface area (Å²) in [5.74, 6) is 0.0700. The van der Waals surface area contributed by atoms with Crippen LogP contribution in [0.5, 0.6) is 0 Å². The predicted molar refractivity (Wildman–Crippen MR) is 80.3 cm³/mol. The second-order valence-corrected chi connectivity index (χ2v) is 6.72. The third-order valence-electron chi connectivity index (χ3n) is 3.43. The Morgan fingerprint density at radius 2 is 1.83 bits per heavy atom. The van der Waals surface area contributed by atoms with Crippen LogP contribution in [0.4, 0.5) is 0 Å². The van der Waals surface area contributed by atoms with Crippen molar-refractivity contribution in [3.05, 3.63) is 28.5 Å². The molecule has 1 N–H and O–H groups in total. The highest BCUT2D eigenvalue weighted by molar-refractivity contribution is 7.90. The van der Waals surface area contributed by atoms with E-state index in [-0.39, 0.29) is 22.8 Å². The fraction of sp³-hybridized carbons (Fsp3) is 0.500. The lowest BCUT2D eigenvalue weighted by atomic mass is 10.1. The zero-order valence-electron chi connectivity index (χ0n) is 13.5. The van der Waals surface area contributed by atoms with Crippen molar-refractivity contribution in [2.24, 2.45) is 0 Å². The Morgan fingerprint density at radius 3 is 2.35 bits per heavy atom. The van der Waals surface area contributed by atoms with Gasteiger partial charge in [0.25, 0.3) is 10.0 Å². The van der Waals surface area contributed by atoms with Crippen LogP contribution in [-0.4, -0.2) is 24.6 Å². The van der Waals surface area contributed by atoms with Crippen LogP contribution in [-0.2, 0) is 34.1 Å². The summed E-state index contributed by atoms with van der Waals surface area (Å²) in [5, 5.41) is 7.49. The number of hydrogen-bond acceptors (Lipinski definition) is 7. The number of aromatic nitrogens is 2. The third-order valence-corrected chi connectivity index (χ3v) is 5.05. The summed E-state index contributed by atoms with van der Waals surface area (Å²) >= 11 is 0. The quantitative estimate of drug-likeness (QED) is 0.845. The van der Waals surface area contributed by atoms with Gasteiger partial charge in [0.2, 0.25) is 5.91 Å². The Hall–Kier alpha value is -2.16. The topological polar surface area (TPSA) is 115 Å². The molecule has 2 heterocycles. The van der Waals surface area contributed by atoms with Crippen LogP contribution in [0.3, 0.4) is 0 Å². The molecule has 0 saturated carbocycles. The van der Waals surface area contributed by atoms with Crippen LogP contribution < -0.4 is 4.72 Å². The molecule has 126 valence electrons. The SMILES string of the molecule is CCc1noc(CC)c1CC(=O)NS(=O)(=O)c1c(C)noc1C. The Bertz CT molecular complexity index is 779. The van der Waals surface area contributed by atoms with Gasteiger partial charge in [0.05, 0.1) is 12.1 Å². The summed E-state index contributed by atoms with van der Waals surface area (Å²) in [6.07, 6.45) is 1.06. The molecule has 23 heavy (non-hydrogen) atoms. The van der Waals surface area contributed by atoms with Crippen LogP contribution in [0.2, 0.25) is 0 Å². The average molecular weight is 341 g/mol. The zero-order valence-corrected chi connectivity index (χ0v) is 14.3. The highest BCUT2D eigenvalue weighted by Gasteiger charge is 2.27. The summed E-state index contributed by atoms with van der Waals surface area (Å²) in [7, 11) is -4.03. The highest BCUT2D eigenvalue weighted by atomic mass is 32.2. The largest absolute Gasteiger partial charge is 0.361 e. The zero-order chi connectivity index (χ0) is 17.2. The monoisotopic (exact) mass is 341 g/mol. The van der Waals surface area contributed by atoms with Crippen molar-refractivity contribution in [2.45, 2.75) is 51.9 Å². The highest BCUT2D eigenvalue weighted by Crippen LogP contribution is 2.20. The molecule has 1 amide bonds. The first kappa shape index (κ1) is 17.2. The van der Waals surface area contributed by atoms with Crippen LogP contribution in [0.25, 0.3) is 0 Å². The molecule has 0 radical (unpaired) electrons. The first-order valence-electron chi connectivity index (χ1n) is 7.24. The molecule has 8 nitrogen and oxygen atoms in total. The number of hydrogen-bond donors (Lipinski definition) is 1. The van der Waals surface area contributed by atoms with E-state index in [4.69, 9.17) is 9.05 Å². The van der Waals surface area contributed by atoms with E-state index in [1.54, 1.807) is 0 Å². The molecule has 0 aromatic carbocycles. The van der Waals surface area contributed by atoms with Crippen molar-refractivity contribution in [3.8, 4) is 0 Å². The van der Waals surface area contributed by atoms with Crippen molar-refractivity contribution in [2.75, 3.05) is 0 Å². The molecule has 9 heteroatoms. The van der Waals surface area contributed by atoms with E-state index in [2.05, 4.69) is 10.3 Å². The van der Waals surface area contributed by atoms with Crippen LogP contribution in [0.15, 0.2) is 13.9 Å². The normalized spacial score (nSPS) is 11.7. The number of carbonyl (C=O) groups excluding carboxylic acids is 1. The Kier molecular flexibility index (Phi) is 4.88. The summed E-state index contributed by atoms with van der Waals surface area (Å²) in [6.45, 7) is 6.74. The molecule has 2 aromatic heterocycles. The van der Waals surface area contributed by atoms with Gasteiger partial charge in [-0.15, -0.1) is 0 Å². The van der Waals surface area contributed by atoms with Gasteiger partial charge in [-0.2, -0.15) is 0 Å².